The second-order valence-electron chi connectivity index (χ2n) is 4.33. The van der Waals surface area contributed by atoms with E-state index in [2.05, 4.69) is 34.8 Å². The molecular weight excluding hydrogens is 355 g/mol. The molecule has 0 saturated carbocycles. The molecule has 1 rings (SSSR count). The van der Waals surface area contributed by atoms with Crippen molar-refractivity contribution in [1.82, 2.24) is 10.2 Å². The predicted octanol–water partition coefficient (Wildman–Crippen LogP) is 2.28. The van der Waals surface area contributed by atoms with Crippen molar-refractivity contribution >= 4 is 34.4 Å². The molecule has 0 spiro atoms. The molecule has 0 aliphatic heterocycles. The topological polar surface area (TPSA) is 49.4 Å². The first-order valence-corrected chi connectivity index (χ1v) is 7.40. The number of carbonyl (C=O) groups is 2. The van der Waals surface area contributed by atoms with Gasteiger partial charge in [0.2, 0.25) is 5.91 Å². The molecule has 0 saturated heterocycles. The maximum atomic E-state index is 11.9. The Morgan fingerprint density at radius 2 is 2.00 bits per heavy atom. The van der Waals surface area contributed by atoms with Crippen LogP contribution < -0.4 is 5.32 Å². The van der Waals surface area contributed by atoms with Gasteiger partial charge in [-0.2, -0.15) is 0 Å². The highest BCUT2D eigenvalue weighted by Crippen LogP contribution is 2.10. The SMILES string of the molecule is CCCCN(C)C(=O)CNC(=O)c1ccccc1I. The van der Waals surface area contributed by atoms with Crippen molar-refractivity contribution in [2.24, 2.45) is 0 Å². The molecule has 1 N–H and O–H groups in total. The molecule has 5 heteroatoms. The molecule has 0 aliphatic rings. The molecule has 1 aromatic rings. The lowest BCUT2D eigenvalue weighted by Gasteiger charge is -2.17. The van der Waals surface area contributed by atoms with Gasteiger partial charge in [0.05, 0.1) is 12.1 Å². The third-order valence-corrected chi connectivity index (χ3v) is 3.73. The zero-order chi connectivity index (χ0) is 14.3. The maximum absolute atomic E-state index is 11.9. The number of likely N-dealkylation sites (N-methyl/N-ethyl adjacent to an activating group) is 1. The second-order valence-corrected chi connectivity index (χ2v) is 5.49. The van der Waals surface area contributed by atoms with E-state index in [0.29, 0.717) is 5.56 Å². The van der Waals surface area contributed by atoms with Crippen LogP contribution in [0.15, 0.2) is 24.3 Å². The minimum absolute atomic E-state index is 0.0457. The molecule has 0 fully saturated rings. The van der Waals surface area contributed by atoms with Crippen LogP contribution in [0.5, 0.6) is 0 Å². The van der Waals surface area contributed by atoms with Gasteiger partial charge in [0.1, 0.15) is 0 Å². The van der Waals surface area contributed by atoms with Crippen molar-refractivity contribution < 1.29 is 9.59 Å². The predicted molar refractivity (Wildman–Crippen MR) is 84.0 cm³/mol. The van der Waals surface area contributed by atoms with Crippen LogP contribution >= 0.6 is 22.6 Å². The Hall–Kier alpha value is -1.11. The first-order chi connectivity index (χ1) is 9.06. The van der Waals surface area contributed by atoms with Gasteiger partial charge in [0.25, 0.3) is 5.91 Å². The van der Waals surface area contributed by atoms with Gasteiger partial charge in [-0.15, -0.1) is 0 Å². The molecular formula is C14H19IN2O2. The summed E-state index contributed by atoms with van der Waals surface area (Å²) in [5.41, 5.74) is 0.604. The van der Waals surface area contributed by atoms with Crippen LogP contribution in [0.25, 0.3) is 0 Å². The normalized spacial score (nSPS) is 10.1. The van der Waals surface area contributed by atoms with Gasteiger partial charge in [-0.3, -0.25) is 9.59 Å². The van der Waals surface area contributed by atoms with E-state index in [9.17, 15) is 9.59 Å². The van der Waals surface area contributed by atoms with E-state index in [4.69, 9.17) is 0 Å². The standard InChI is InChI=1S/C14H19IN2O2/c1-3-4-9-17(2)13(18)10-16-14(19)11-7-5-6-8-12(11)15/h5-8H,3-4,9-10H2,1-2H3,(H,16,19). The molecule has 19 heavy (non-hydrogen) atoms. The van der Waals surface area contributed by atoms with Crippen molar-refractivity contribution in [3.05, 3.63) is 33.4 Å². The van der Waals surface area contributed by atoms with Crippen LogP contribution in [0.3, 0.4) is 0 Å². The van der Waals surface area contributed by atoms with E-state index >= 15 is 0 Å². The quantitative estimate of drug-likeness (QED) is 0.777. The largest absolute Gasteiger partial charge is 0.344 e. The maximum Gasteiger partial charge on any atom is 0.252 e. The van der Waals surface area contributed by atoms with Crippen molar-refractivity contribution in [2.75, 3.05) is 20.1 Å². The van der Waals surface area contributed by atoms with Gasteiger partial charge in [0, 0.05) is 17.2 Å². The zero-order valence-corrected chi connectivity index (χ0v) is 13.4. The van der Waals surface area contributed by atoms with Gasteiger partial charge in [0.15, 0.2) is 0 Å². The van der Waals surface area contributed by atoms with E-state index in [1.807, 2.05) is 18.2 Å². The van der Waals surface area contributed by atoms with Crippen molar-refractivity contribution in [1.29, 1.82) is 0 Å². The third kappa shape index (κ3) is 5.18. The molecule has 0 atom stereocenters. The lowest BCUT2D eigenvalue weighted by Crippen LogP contribution is -2.38. The summed E-state index contributed by atoms with van der Waals surface area (Å²) in [6, 6.07) is 7.31. The van der Waals surface area contributed by atoms with Crippen LogP contribution in [0, 0.1) is 3.57 Å². The zero-order valence-electron chi connectivity index (χ0n) is 11.3. The summed E-state index contributed by atoms with van der Waals surface area (Å²) in [6.07, 6.45) is 2.03. The summed E-state index contributed by atoms with van der Waals surface area (Å²) >= 11 is 2.11. The van der Waals surface area contributed by atoms with Crippen LogP contribution in [0.1, 0.15) is 30.1 Å². The lowest BCUT2D eigenvalue weighted by molar-refractivity contribution is -0.128. The number of benzene rings is 1. The fraction of sp³-hybridized carbons (Fsp3) is 0.429. The van der Waals surface area contributed by atoms with E-state index in [-0.39, 0.29) is 18.4 Å². The fourth-order valence-electron chi connectivity index (χ4n) is 1.55. The van der Waals surface area contributed by atoms with E-state index in [1.54, 1.807) is 18.0 Å². The average Bonchev–Trinajstić information content (AvgIpc) is 2.42. The van der Waals surface area contributed by atoms with Gasteiger partial charge >= 0.3 is 0 Å². The Morgan fingerprint density at radius 1 is 1.32 bits per heavy atom. The third-order valence-electron chi connectivity index (χ3n) is 2.79. The molecule has 0 heterocycles. The lowest BCUT2D eigenvalue weighted by atomic mass is 10.2. The number of nitrogens with zero attached hydrogens (tertiary/aromatic N) is 1. The highest BCUT2D eigenvalue weighted by Gasteiger charge is 2.12. The summed E-state index contributed by atoms with van der Waals surface area (Å²) < 4.78 is 0.879. The first-order valence-electron chi connectivity index (χ1n) is 6.33. The molecule has 0 aromatic heterocycles. The van der Waals surface area contributed by atoms with Gasteiger partial charge in [-0.05, 0) is 41.1 Å². The second kappa shape index (κ2) is 8.14. The van der Waals surface area contributed by atoms with Gasteiger partial charge in [-0.1, -0.05) is 25.5 Å². The summed E-state index contributed by atoms with van der Waals surface area (Å²) in [4.78, 5) is 25.4. The Morgan fingerprint density at radius 3 is 2.63 bits per heavy atom. The Labute approximate surface area is 127 Å². The molecule has 1 aromatic carbocycles. The van der Waals surface area contributed by atoms with Crippen LogP contribution in [-0.2, 0) is 4.79 Å². The number of rotatable bonds is 6. The van der Waals surface area contributed by atoms with Crippen LogP contribution in [-0.4, -0.2) is 36.9 Å². The molecule has 0 unspecified atom stereocenters. The number of carbonyl (C=O) groups excluding carboxylic acids is 2. The van der Waals surface area contributed by atoms with E-state index < -0.39 is 0 Å². The molecule has 0 radical (unpaired) electrons. The summed E-state index contributed by atoms with van der Waals surface area (Å²) in [5.74, 6) is -0.269. The van der Waals surface area contributed by atoms with E-state index in [1.165, 1.54) is 0 Å². The monoisotopic (exact) mass is 374 g/mol. The van der Waals surface area contributed by atoms with Crippen molar-refractivity contribution in [2.45, 2.75) is 19.8 Å². The highest BCUT2D eigenvalue weighted by atomic mass is 127. The molecule has 4 nitrogen and oxygen atoms in total. The van der Waals surface area contributed by atoms with Gasteiger partial charge < -0.3 is 10.2 Å². The van der Waals surface area contributed by atoms with Crippen molar-refractivity contribution in [3.8, 4) is 0 Å². The van der Waals surface area contributed by atoms with Gasteiger partial charge in [-0.25, -0.2) is 0 Å². The average molecular weight is 374 g/mol. The van der Waals surface area contributed by atoms with Crippen LogP contribution in [0.2, 0.25) is 0 Å². The molecule has 2 amide bonds. The highest BCUT2D eigenvalue weighted by molar-refractivity contribution is 14.1. The molecule has 0 aliphatic carbocycles. The Kier molecular flexibility index (Phi) is 6.83. The minimum Gasteiger partial charge on any atom is -0.344 e. The smallest absolute Gasteiger partial charge is 0.252 e. The van der Waals surface area contributed by atoms with Crippen LogP contribution in [0.4, 0.5) is 0 Å². The number of hydrogen-bond donors (Lipinski definition) is 1. The number of nitrogens with one attached hydrogen (secondary N) is 1. The van der Waals surface area contributed by atoms with Crippen molar-refractivity contribution in [3.63, 3.8) is 0 Å². The van der Waals surface area contributed by atoms with E-state index in [0.717, 1.165) is 23.0 Å². The molecule has 0 bridgehead atoms. The Bertz CT molecular complexity index is 449. The first kappa shape index (κ1) is 15.9. The summed E-state index contributed by atoms with van der Waals surface area (Å²) in [7, 11) is 1.76. The molecule has 104 valence electrons. The summed E-state index contributed by atoms with van der Waals surface area (Å²) in [6.45, 7) is 2.86. The fourth-order valence-corrected chi connectivity index (χ4v) is 2.18. The number of hydrogen-bond acceptors (Lipinski definition) is 2. The Balaban J connectivity index is 2.46. The number of unbranched alkanes of at least 4 members (excludes halogenated alkanes) is 1. The number of halogens is 1. The number of amides is 2. The minimum atomic E-state index is -0.206. The summed E-state index contributed by atoms with van der Waals surface area (Å²) in [5, 5.41) is 2.66.